The van der Waals surface area contributed by atoms with Crippen molar-refractivity contribution in [1.82, 2.24) is 0 Å². The first kappa shape index (κ1) is 12.4. The van der Waals surface area contributed by atoms with Gasteiger partial charge < -0.3 is 10.5 Å². The van der Waals surface area contributed by atoms with Gasteiger partial charge in [-0.25, -0.2) is 0 Å². The molecule has 0 saturated carbocycles. The molecule has 0 fully saturated rings. The highest BCUT2D eigenvalue weighted by Gasteiger charge is 2.10. The molecule has 6 nitrogen and oxygen atoms in total. The van der Waals surface area contributed by atoms with Crippen molar-refractivity contribution in [2.24, 2.45) is 5.73 Å². The van der Waals surface area contributed by atoms with Crippen LogP contribution in [0.5, 0.6) is 5.75 Å². The molecule has 0 aliphatic carbocycles. The van der Waals surface area contributed by atoms with Gasteiger partial charge in [-0.15, -0.1) is 0 Å². The standard InChI is InChI=1S/C9H8BrN3O3/c10-6-1-8(13(14)15)3-9(2-6)16-5-7(12)4-11/h1-3,7H,5,12H2. The Balaban J connectivity index is 2.81. The zero-order chi connectivity index (χ0) is 12.1. The number of nitriles is 1. The van der Waals surface area contributed by atoms with Gasteiger partial charge in [0, 0.05) is 10.5 Å². The minimum absolute atomic E-state index is 0.00981. The zero-order valence-electron chi connectivity index (χ0n) is 8.09. The Morgan fingerprint density at radius 3 is 2.88 bits per heavy atom. The van der Waals surface area contributed by atoms with Crippen LogP contribution in [0.1, 0.15) is 0 Å². The van der Waals surface area contributed by atoms with Gasteiger partial charge >= 0.3 is 0 Å². The smallest absolute Gasteiger partial charge is 0.274 e. The molecule has 0 aromatic heterocycles. The summed E-state index contributed by atoms with van der Waals surface area (Å²) in [5.41, 5.74) is 5.24. The summed E-state index contributed by atoms with van der Waals surface area (Å²) >= 11 is 3.12. The molecule has 1 aromatic rings. The van der Waals surface area contributed by atoms with Crippen molar-refractivity contribution in [2.75, 3.05) is 6.61 Å². The van der Waals surface area contributed by atoms with Gasteiger partial charge in [-0.2, -0.15) is 5.26 Å². The van der Waals surface area contributed by atoms with Gasteiger partial charge in [-0.05, 0) is 6.07 Å². The number of hydrogen-bond donors (Lipinski definition) is 1. The number of halogens is 1. The van der Waals surface area contributed by atoms with E-state index in [0.717, 1.165) is 0 Å². The highest BCUT2D eigenvalue weighted by atomic mass is 79.9. The third-order valence-corrected chi connectivity index (χ3v) is 2.12. The fourth-order valence-corrected chi connectivity index (χ4v) is 1.42. The van der Waals surface area contributed by atoms with Crippen LogP contribution in [-0.4, -0.2) is 17.6 Å². The van der Waals surface area contributed by atoms with Crippen molar-refractivity contribution in [1.29, 1.82) is 5.26 Å². The molecule has 1 atom stereocenters. The molecule has 1 aromatic carbocycles. The van der Waals surface area contributed by atoms with Crippen molar-refractivity contribution < 1.29 is 9.66 Å². The molecular weight excluding hydrogens is 278 g/mol. The van der Waals surface area contributed by atoms with Crippen LogP contribution in [0.2, 0.25) is 0 Å². The molecule has 0 radical (unpaired) electrons. The highest BCUT2D eigenvalue weighted by Crippen LogP contribution is 2.26. The molecular formula is C9H8BrN3O3. The van der Waals surface area contributed by atoms with Crippen molar-refractivity contribution in [3.8, 4) is 11.8 Å². The summed E-state index contributed by atoms with van der Waals surface area (Å²) in [6, 6.07) is 5.24. The second kappa shape index (κ2) is 5.44. The predicted octanol–water partition coefficient (Wildman–Crippen LogP) is 1.59. The van der Waals surface area contributed by atoms with Gasteiger partial charge in [0.2, 0.25) is 0 Å². The first-order valence-electron chi connectivity index (χ1n) is 4.26. The maximum atomic E-state index is 10.6. The molecule has 0 amide bonds. The highest BCUT2D eigenvalue weighted by molar-refractivity contribution is 9.10. The van der Waals surface area contributed by atoms with Crippen molar-refractivity contribution in [2.45, 2.75) is 6.04 Å². The lowest BCUT2D eigenvalue weighted by atomic mass is 10.3. The SMILES string of the molecule is N#CC(N)COc1cc(Br)cc([N+](=O)[O-])c1. The van der Waals surface area contributed by atoms with Gasteiger partial charge in [0.15, 0.2) is 0 Å². The van der Waals surface area contributed by atoms with E-state index in [4.69, 9.17) is 15.7 Å². The monoisotopic (exact) mass is 285 g/mol. The van der Waals surface area contributed by atoms with Gasteiger partial charge in [0.05, 0.1) is 17.1 Å². The largest absolute Gasteiger partial charge is 0.491 e. The van der Waals surface area contributed by atoms with E-state index in [2.05, 4.69) is 15.9 Å². The lowest BCUT2D eigenvalue weighted by Crippen LogP contribution is -2.25. The minimum atomic E-state index is -0.752. The molecule has 0 aliphatic heterocycles. The molecule has 2 N–H and O–H groups in total. The Labute approximate surface area is 99.9 Å². The number of hydrogen-bond acceptors (Lipinski definition) is 5. The molecule has 0 bridgehead atoms. The van der Waals surface area contributed by atoms with E-state index < -0.39 is 11.0 Å². The van der Waals surface area contributed by atoms with Crippen molar-refractivity contribution in [3.05, 3.63) is 32.8 Å². The van der Waals surface area contributed by atoms with Gasteiger partial charge in [0.25, 0.3) is 5.69 Å². The van der Waals surface area contributed by atoms with E-state index in [0.29, 0.717) is 10.2 Å². The van der Waals surface area contributed by atoms with Gasteiger partial charge in [-0.1, -0.05) is 15.9 Å². The summed E-state index contributed by atoms with van der Waals surface area (Å²) in [6.45, 7) is -0.00981. The lowest BCUT2D eigenvalue weighted by molar-refractivity contribution is -0.385. The third-order valence-electron chi connectivity index (χ3n) is 1.66. The Kier molecular flexibility index (Phi) is 4.22. The number of benzene rings is 1. The summed E-state index contributed by atoms with van der Waals surface area (Å²) in [5.74, 6) is 0.298. The van der Waals surface area contributed by atoms with E-state index in [1.165, 1.54) is 12.1 Å². The van der Waals surface area contributed by atoms with E-state index in [1.54, 1.807) is 12.1 Å². The zero-order valence-corrected chi connectivity index (χ0v) is 9.68. The summed E-state index contributed by atoms with van der Waals surface area (Å²) in [5, 5.41) is 19.0. The fraction of sp³-hybridized carbons (Fsp3) is 0.222. The first-order valence-corrected chi connectivity index (χ1v) is 5.05. The molecule has 7 heteroatoms. The number of nitrogens with two attached hydrogens (primary N) is 1. The lowest BCUT2D eigenvalue weighted by Gasteiger charge is -2.07. The van der Waals surface area contributed by atoms with Crippen LogP contribution < -0.4 is 10.5 Å². The first-order chi connectivity index (χ1) is 7.52. The molecule has 0 saturated heterocycles. The van der Waals surface area contributed by atoms with Crippen LogP contribution in [-0.2, 0) is 0 Å². The summed E-state index contributed by atoms with van der Waals surface area (Å²) in [6.07, 6.45) is 0. The maximum Gasteiger partial charge on any atom is 0.274 e. The molecule has 16 heavy (non-hydrogen) atoms. The van der Waals surface area contributed by atoms with Crippen molar-refractivity contribution >= 4 is 21.6 Å². The minimum Gasteiger partial charge on any atom is -0.491 e. The summed E-state index contributed by atoms with van der Waals surface area (Å²) in [7, 11) is 0. The molecule has 0 heterocycles. The Bertz CT molecular complexity index is 444. The average molecular weight is 286 g/mol. The number of nitro groups is 1. The number of non-ortho nitro benzene ring substituents is 1. The van der Waals surface area contributed by atoms with E-state index in [9.17, 15) is 10.1 Å². The van der Waals surface area contributed by atoms with Crippen LogP contribution in [0.15, 0.2) is 22.7 Å². The second-order valence-electron chi connectivity index (χ2n) is 2.95. The normalized spacial score (nSPS) is 11.6. The second-order valence-corrected chi connectivity index (χ2v) is 3.86. The quantitative estimate of drug-likeness (QED) is 0.668. The van der Waals surface area contributed by atoms with E-state index in [-0.39, 0.29) is 12.3 Å². The fourth-order valence-electron chi connectivity index (χ4n) is 0.960. The molecule has 0 spiro atoms. The topological polar surface area (TPSA) is 102 Å². The van der Waals surface area contributed by atoms with E-state index in [1.807, 2.05) is 0 Å². The third kappa shape index (κ3) is 3.49. The Hall–Kier alpha value is -1.65. The average Bonchev–Trinajstić information content (AvgIpc) is 2.25. The number of nitrogens with zero attached hydrogens (tertiary/aromatic N) is 2. The molecule has 1 unspecified atom stereocenters. The Morgan fingerprint density at radius 1 is 1.62 bits per heavy atom. The van der Waals surface area contributed by atoms with Crippen molar-refractivity contribution in [3.63, 3.8) is 0 Å². The summed E-state index contributed by atoms with van der Waals surface area (Å²) < 4.78 is 5.68. The van der Waals surface area contributed by atoms with Crippen LogP contribution in [0.25, 0.3) is 0 Å². The predicted molar refractivity (Wildman–Crippen MR) is 59.9 cm³/mol. The number of ether oxygens (including phenoxy) is 1. The Morgan fingerprint density at radius 2 is 2.31 bits per heavy atom. The maximum absolute atomic E-state index is 10.6. The van der Waals surface area contributed by atoms with Crippen LogP contribution in [0, 0.1) is 21.4 Å². The molecule has 84 valence electrons. The van der Waals surface area contributed by atoms with Gasteiger partial charge in [-0.3, -0.25) is 10.1 Å². The van der Waals surface area contributed by atoms with Crippen LogP contribution in [0.4, 0.5) is 5.69 Å². The molecule has 1 rings (SSSR count). The van der Waals surface area contributed by atoms with Crippen LogP contribution in [0.3, 0.4) is 0 Å². The van der Waals surface area contributed by atoms with Gasteiger partial charge in [0.1, 0.15) is 18.4 Å². The number of nitro benzene ring substituents is 1. The van der Waals surface area contributed by atoms with E-state index >= 15 is 0 Å². The van der Waals surface area contributed by atoms with Crippen LogP contribution >= 0.6 is 15.9 Å². The number of rotatable bonds is 4. The molecule has 0 aliphatic rings. The summed E-state index contributed by atoms with van der Waals surface area (Å²) in [4.78, 5) is 10.0.